The minimum absolute atomic E-state index is 0.125. The number of hydrogen-bond acceptors (Lipinski definition) is 4. The van der Waals surface area contributed by atoms with Crippen molar-refractivity contribution in [3.05, 3.63) is 11.5 Å². The lowest BCUT2D eigenvalue weighted by Crippen LogP contribution is -2.00. The third kappa shape index (κ3) is 5.85. The number of hydrogen-bond donors (Lipinski definition) is 0. The molecule has 1 rings (SSSR count). The first kappa shape index (κ1) is 13.2. The molecule has 0 aliphatic rings. The summed E-state index contributed by atoms with van der Waals surface area (Å²) >= 11 is 5.58. The van der Waals surface area contributed by atoms with Crippen LogP contribution in [0.4, 0.5) is 0 Å². The Kier molecular flexibility index (Phi) is 6.81. The summed E-state index contributed by atoms with van der Waals surface area (Å²) in [5, 5.41) is 7.32. The fourth-order valence-corrected chi connectivity index (χ4v) is 1.52. The van der Waals surface area contributed by atoms with Crippen molar-refractivity contribution < 1.29 is 4.74 Å². The molecule has 0 radical (unpaired) electrons. The third-order valence-corrected chi connectivity index (χ3v) is 2.42. The summed E-state index contributed by atoms with van der Waals surface area (Å²) < 4.78 is 5.40. The lowest BCUT2D eigenvalue weighted by Gasteiger charge is -2.04. The molecule has 5 heteroatoms. The van der Waals surface area contributed by atoms with Crippen molar-refractivity contribution in [1.29, 1.82) is 0 Å². The van der Waals surface area contributed by atoms with E-state index in [4.69, 9.17) is 16.3 Å². The summed E-state index contributed by atoms with van der Waals surface area (Å²) in [4.78, 5) is 3.89. The Hall–Kier alpha value is -0.900. The van der Waals surface area contributed by atoms with Crippen molar-refractivity contribution in [3.8, 4) is 5.88 Å². The van der Waals surface area contributed by atoms with Crippen LogP contribution in [0.15, 0.2) is 6.20 Å². The minimum atomic E-state index is 0.125. The largest absolute Gasteiger partial charge is 0.476 e. The number of nitrogens with zero attached hydrogens (tertiary/aromatic N) is 3. The molecule has 1 aromatic rings. The molecule has 0 fully saturated rings. The molecule has 90 valence electrons. The zero-order valence-electron chi connectivity index (χ0n) is 9.65. The van der Waals surface area contributed by atoms with Crippen LogP contribution < -0.4 is 4.74 Å². The van der Waals surface area contributed by atoms with Crippen molar-refractivity contribution in [1.82, 2.24) is 15.2 Å². The SMILES string of the molecule is CCCCCCCCOc1cnnc(Cl)n1. The quantitative estimate of drug-likeness (QED) is 0.658. The highest BCUT2D eigenvalue weighted by molar-refractivity contribution is 6.28. The first-order valence-electron chi connectivity index (χ1n) is 5.81. The van der Waals surface area contributed by atoms with E-state index in [1.165, 1.54) is 38.3 Å². The second-order valence-electron chi connectivity index (χ2n) is 3.68. The molecule has 0 unspecified atom stereocenters. The molecule has 0 saturated heterocycles. The minimum Gasteiger partial charge on any atom is -0.476 e. The van der Waals surface area contributed by atoms with Gasteiger partial charge in [-0.25, -0.2) is 0 Å². The fraction of sp³-hybridized carbons (Fsp3) is 0.727. The molecule has 1 heterocycles. The van der Waals surface area contributed by atoms with Gasteiger partial charge in [0.1, 0.15) is 6.20 Å². The zero-order valence-corrected chi connectivity index (χ0v) is 10.4. The lowest BCUT2D eigenvalue weighted by molar-refractivity contribution is 0.291. The van der Waals surface area contributed by atoms with Gasteiger partial charge in [0, 0.05) is 0 Å². The van der Waals surface area contributed by atoms with E-state index in [9.17, 15) is 0 Å². The van der Waals surface area contributed by atoms with Gasteiger partial charge >= 0.3 is 0 Å². The van der Waals surface area contributed by atoms with Gasteiger partial charge in [0.25, 0.3) is 0 Å². The Morgan fingerprint density at radius 2 is 1.94 bits per heavy atom. The van der Waals surface area contributed by atoms with Gasteiger partial charge in [0.2, 0.25) is 11.2 Å². The van der Waals surface area contributed by atoms with Crippen LogP contribution >= 0.6 is 11.6 Å². The normalized spacial score (nSPS) is 10.4. The van der Waals surface area contributed by atoms with E-state index >= 15 is 0 Å². The monoisotopic (exact) mass is 243 g/mol. The molecule has 0 spiro atoms. The summed E-state index contributed by atoms with van der Waals surface area (Å²) in [6.07, 6.45) is 8.92. The van der Waals surface area contributed by atoms with E-state index < -0.39 is 0 Å². The molecule has 0 atom stereocenters. The molecule has 0 saturated carbocycles. The summed E-state index contributed by atoms with van der Waals surface area (Å²) in [6.45, 7) is 2.89. The Balaban J connectivity index is 2.03. The van der Waals surface area contributed by atoms with Crippen LogP contribution in [0.3, 0.4) is 0 Å². The highest BCUT2D eigenvalue weighted by atomic mass is 35.5. The average Bonchev–Trinajstić information content (AvgIpc) is 2.28. The van der Waals surface area contributed by atoms with Crippen LogP contribution in [-0.2, 0) is 0 Å². The van der Waals surface area contributed by atoms with E-state index in [1.807, 2.05) is 0 Å². The number of ether oxygens (including phenoxy) is 1. The van der Waals surface area contributed by atoms with E-state index in [-0.39, 0.29) is 5.28 Å². The molecule has 0 aromatic carbocycles. The van der Waals surface area contributed by atoms with Gasteiger partial charge < -0.3 is 4.74 Å². The smallest absolute Gasteiger partial charge is 0.246 e. The molecule has 0 N–H and O–H groups in total. The zero-order chi connectivity index (χ0) is 11.6. The predicted octanol–water partition coefficient (Wildman–Crippen LogP) is 3.26. The number of aromatic nitrogens is 3. The maximum atomic E-state index is 5.58. The Morgan fingerprint density at radius 1 is 1.19 bits per heavy atom. The molecule has 0 amide bonds. The van der Waals surface area contributed by atoms with Crippen LogP contribution in [-0.4, -0.2) is 21.8 Å². The predicted molar refractivity (Wildman–Crippen MR) is 63.7 cm³/mol. The molecule has 0 aliphatic heterocycles. The van der Waals surface area contributed by atoms with E-state index in [1.54, 1.807) is 0 Å². The summed E-state index contributed by atoms with van der Waals surface area (Å²) in [7, 11) is 0. The first-order chi connectivity index (χ1) is 7.83. The van der Waals surface area contributed by atoms with Gasteiger partial charge in [-0.2, -0.15) is 10.1 Å². The number of halogens is 1. The third-order valence-electron chi connectivity index (χ3n) is 2.26. The fourth-order valence-electron chi connectivity index (χ4n) is 1.40. The van der Waals surface area contributed by atoms with Crippen LogP contribution in [0.5, 0.6) is 5.88 Å². The summed E-state index contributed by atoms with van der Waals surface area (Å²) in [5.74, 6) is 0.452. The van der Waals surface area contributed by atoms with Crippen molar-refractivity contribution in [2.24, 2.45) is 0 Å². The number of rotatable bonds is 8. The molecule has 0 bridgehead atoms. The molecule has 0 aliphatic carbocycles. The van der Waals surface area contributed by atoms with Crippen molar-refractivity contribution >= 4 is 11.6 Å². The molecule has 1 aromatic heterocycles. The van der Waals surface area contributed by atoms with Gasteiger partial charge in [-0.1, -0.05) is 39.0 Å². The Bertz CT molecular complexity index is 296. The van der Waals surface area contributed by atoms with Crippen LogP contribution in [0.1, 0.15) is 45.4 Å². The maximum Gasteiger partial charge on any atom is 0.246 e. The lowest BCUT2D eigenvalue weighted by atomic mass is 10.1. The topological polar surface area (TPSA) is 47.9 Å². The van der Waals surface area contributed by atoms with Crippen molar-refractivity contribution in [2.45, 2.75) is 45.4 Å². The first-order valence-corrected chi connectivity index (χ1v) is 6.18. The average molecular weight is 244 g/mol. The Morgan fingerprint density at radius 3 is 2.69 bits per heavy atom. The summed E-state index contributed by atoms with van der Waals surface area (Å²) in [6, 6.07) is 0. The number of unbranched alkanes of at least 4 members (excludes halogenated alkanes) is 5. The van der Waals surface area contributed by atoms with Crippen molar-refractivity contribution in [2.75, 3.05) is 6.61 Å². The highest BCUT2D eigenvalue weighted by Gasteiger charge is 1.98. The molecule has 16 heavy (non-hydrogen) atoms. The summed E-state index contributed by atoms with van der Waals surface area (Å²) in [5.41, 5.74) is 0. The van der Waals surface area contributed by atoms with Crippen molar-refractivity contribution in [3.63, 3.8) is 0 Å². The van der Waals surface area contributed by atoms with E-state index in [2.05, 4.69) is 22.1 Å². The van der Waals surface area contributed by atoms with Gasteiger partial charge in [-0.15, -0.1) is 5.10 Å². The van der Waals surface area contributed by atoms with Gasteiger partial charge in [-0.3, -0.25) is 0 Å². The Labute approximate surface area is 101 Å². The second kappa shape index (κ2) is 8.28. The molecule has 4 nitrogen and oxygen atoms in total. The van der Waals surface area contributed by atoms with Gasteiger partial charge in [0.05, 0.1) is 6.61 Å². The van der Waals surface area contributed by atoms with Gasteiger partial charge in [0.15, 0.2) is 0 Å². The van der Waals surface area contributed by atoms with E-state index in [0.717, 1.165) is 6.42 Å². The highest BCUT2D eigenvalue weighted by Crippen LogP contribution is 2.08. The van der Waals surface area contributed by atoms with Crippen LogP contribution in [0, 0.1) is 0 Å². The van der Waals surface area contributed by atoms with Gasteiger partial charge in [-0.05, 0) is 18.0 Å². The maximum absolute atomic E-state index is 5.58. The standard InChI is InChI=1S/C11H18ClN3O/c1-2-3-4-5-6-7-8-16-10-9-13-15-11(12)14-10/h9H,2-8H2,1H3. The molecular weight excluding hydrogens is 226 g/mol. The molecular formula is C11H18ClN3O. The second-order valence-corrected chi connectivity index (χ2v) is 4.02. The van der Waals surface area contributed by atoms with Crippen LogP contribution in [0.2, 0.25) is 5.28 Å². The van der Waals surface area contributed by atoms with E-state index in [0.29, 0.717) is 12.5 Å². The van der Waals surface area contributed by atoms with Crippen LogP contribution in [0.25, 0.3) is 0 Å².